The van der Waals surface area contributed by atoms with E-state index < -0.39 is 11.5 Å². The topological polar surface area (TPSA) is 81.7 Å². The lowest BCUT2D eigenvalue weighted by molar-refractivity contribution is -0.147. The number of esters is 2. The lowest BCUT2D eigenvalue weighted by Crippen LogP contribution is -2.49. The molecule has 0 aliphatic rings. The van der Waals surface area contributed by atoms with Crippen molar-refractivity contribution in [3.05, 3.63) is 0 Å². The van der Waals surface area contributed by atoms with Crippen LogP contribution in [0.4, 0.5) is 0 Å². The highest BCUT2D eigenvalue weighted by atomic mass is 16.5. The first-order valence-corrected chi connectivity index (χ1v) is 13.5. The molecule has 0 saturated carbocycles. The molecule has 0 rings (SSSR count). The Kier molecular flexibility index (Phi) is 20.2. The van der Waals surface area contributed by atoms with E-state index in [1.54, 1.807) is 0 Å². The van der Waals surface area contributed by atoms with Gasteiger partial charge in [-0.25, -0.2) is 0 Å². The lowest BCUT2D eigenvalue weighted by Gasteiger charge is -2.28. The Morgan fingerprint density at radius 3 is 1.71 bits per heavy atom. The standard InChI is InChI=1S/C28H49NO5/c1-5-9-11-13-15-17-22-33-26(31)20-21-28(8-4,29-25(30)19-7-3)24-27(32)34-23-18-16-14-12-10-6-2/h4H,5-7,9-24H2,1-3H3,(H,29,30). The molecule has 0 aromatic heterocycles. The van der Waals surface area contributed by atoms with Crippen molar-refractivity contribution in [1.29, 1.82) is 0 Å². The molecule has 0 aromatic carbocycles. The SMILES string of the molecule is C#CC(CCC(=O)OCCCCCCCC)(CC(=O)OCCCCCCCC)NC(=O)CCC. The van der Waals surface area contributed by atoms with E-state index in [-0.39, 0.29) is 31.1 Å². The predicted molar refractivity (Wildman–Crippen MR) is 137 cm³/mol. The quantitative estimate of drug-likeness (QED) is 0.113. The second-order valence-electron chi connectivity index (χ2n) is 9.18. The summed E-state index contributed by atoms with van der Waals surface area (Å²) < 4.78 is 10.7. The van der Waals surface area contributed by atoms with E-state index in [9.17, 15) is 14.4 Å². The van der Waals surface area contributed by atoms with E-state index in [2.05, 4.69) is 25.1 Å². The van der Waals surface area contributed by atoms with Gasteiger partial charge in [0.15, 0.2) is 0 Å². The van der Waals surface area contributed by atoms with Crippen molar-refractivity contribution in [2.75, 3.05) is 13.2 Å². The first-order chi connectivity index (χ1) is 16.4. The first kappa shape index (κ1) is 32.0. The highest BCUT2D eigenvalue weighted by Crippen LogP contribution is 2.20. The third-order valence-electron chi connectivity index (χ3n) is 5.86. The number of terminal acetylenes is 1. The number of carbonyl (C=O) groups excluding carboxylic acids is 3. The van der Waals surface area contributed by atoms with Crippen LogP contribution in [0.1, 0.15) is 130 Å². The summed E-state index contributed by atoms with van der Waals surface area (Å²) in [7, 11) is 0. The van der Waals surface area contributed by atoms with Crippen LogP contribution < -0.4 is 5.32 Å². The Bertz CT molecular complexity index is 598. The molecule has 0 spiro atoms. The van der Waals surface area contributed by atoms with Gasteiger partial charge >= 0.3 is 11.9 Å². The van der Waals surface area contributed by atoms with Crippen LogP contribution in [0, 0.1) is 12.3 Å². The number of ether oxygens (including phenoxy) is 2. The lowest BCUT2D eigenvalue weighted by atomic mass is 9.90. The number of hydrogen-bond acceptors (Lipinski definition) is 5. The Balaban J connectivity index is 4.59. The highest BCUT2D eigenvalue weighted by Gasteiger charge is 2.34. The van der Waals surface area contributed by atoms with Gasteiger partial charge in [0.1, 0.15) is 5.54 Å². The molecule has 0 bridgehead atoms. The number of amides is 1. The number of rotatable bonds is 22. The summed E-state index contributed by atoms with van der Waals surface area (Å²) in [5.41, 5.74) is -1.25. The van der Waals surface area contributed by atoms with Crippen molar-refractivity contribution >= 4 is 17.8 Å². The zero-order valence-corrected chi connectivity index (χ0v) is 22.1. The molecule has 6 heteroatoms. The molecule has 0 fully saturated rings. The Morgan fingerprint density at radius 1 is 0.706 bits per heavy atom. The Labute approximate surface area is 208 Å². The van der Waals surface area contributed by atoms with Crippen LogP contribution in [0.5, 0.6) is 0 Å². The van der Waals surface area contributed by atoms with Gasteiger partial charge in [-0.05, 0) is 25.7 Å². The number of hydrogen-bond donors (Lipinski definition) is 1. The summed E-state index contributed by atoms with van der Waals surface area (Å²) in [6.07, 6.45) is 20.0. The third kappa shape index (κ3) is 17.4. The average molecular weight is 480 g/mol. The summed E-state index contributed by atoms with van der Waals surface area (Å²) in [6.45, 7) is 6.98. The molecule has 0 aromatic rings. The molecule has 1 unspecified atom stereocenters. The second kappa shape index (κ2) is 21.5. The van der Waals surface area contributed by atoms with E-state index in [0.717, 1.165) is 38.5 Å². The second-order valence-corrected chi connectivity index (χ2v) is 9.18. The molecule has 0 aliphatic heterocycles. The van der Waals surface area contributed by atoms with E-state index in [0.29, 0.717) is 26.1 Å². The number of nitrogens with one attached hydrogen (secondary N) is 1. The normalized spacial score (nSPS) is 12.4. The fourth-order valence-electron chi connectivity index (χ4n) is 3.73. The average Bonchev–Trinajstić information content (AvgIpc) is 2.81. The minimum Gasteiger partial charge on any atom is -0.466 e. The van der Waals surface area contributed by atoms with Crippen LogP contribution in [-0.2, 0) is 23.9 Å². The van der Waals surface area contributed by atoms with Gasteiger partial charge in [0.2, 0.25) is 5.91 Å². The minimum atomic E-state index is -1.25. The zero-order valence-electron chi connectivity index (χ0n) is 22.1. The van der Waals surface area contributed by atoms with Gasteiger partial charge in [0.05, 0.1) is 19.6 Å². The van der Waals surface area contributed by atoms with Crippen LogP contribution in [-0.4, -0.2) is 36.6 Å². The number of unbranched alkanes of at least 4 members (excludes halogenated alkanes) is 10. The van der Waals surface area contributed by atoms with E-state index >= 15 is 0 Å². The molecule has 0 heterocycles. The van der Waals surface area contributed by atoms with Crippen molar-refractivity contribution < 1.29 is 23.9 Å². The molecule has 0 radical (unpaired) electrons. The largest absolute Gasteiger partial charge is 0.466 e. The van der Waals surface area contributed by atoms with Crippen molar-refractivity contribution in [1.82, 2.24) is 5.32 Å². The maximum absolute atomic E-state index is 12.5. The molecule has 1 atom stereocenters. The maximum atomic E-state index is 12.5. The zero-order chi connectivity index (χ0) is 25.5. The molecule has 0 aliphatic carbocycles. The molecule has 34 heavy (non-hydrogen) atoms. The summed E-state index contributed by atoms with van der Waals surface area (Å²) in [4.78, 5) is 37.0. The van der Waals surface area contributed by atoms with Crippen LogP contribution in [0.2, 0.25) is 0 Å². The molecule has 6 nitrogen and oxygen atoms in total. The number of carbonyl (C=O) groups is 3. The fourth-order valence-corrected chi connectivity index (χ4v) is 3.73. The van der Waals surface area contributed by atoms with E-state index in [1.165, 1.54) is 38.5 Å². The Morgan fingerprint density at radius 2 is 1.21 bits per heavy atom. The minimum absolute atomic E-state index is 0.0388. The fraction of sp³-hybridized carbons (Fsp3) is 0.821. The summed E-state index contributed by atoms with van der Waals surface area (Å²) in [5, 5.41) is 2.80. The highest BCUT2D eigenvalue weighted by molar-refractivity contribution is 5.80. The van der Waals surface area contributed by atoms with Gasteiger partial charge in [-0.3, -0.25) is 14.4 Å². The van der Waals surface area contributed by atoms with Gasteiger partial charge < -0.3 is 14.8 Å². The van der Waals surface area contributed by atoms with Gasteiger partial charge in [-0.15, -0.1) is 6.42 Å². The van der Waals surface area contributed by atoms with Crippen molar-refractivity contribution in [3.8, 4) is 12.3 Å². The summed E-state index contributed by atoms with van der Waals surface area (Å²) in [6, 6.07) is 0. The molecule has 1 N–H and O–H groups in total. The molecule has 1 amide bonds. The maximum Gasteiger partial charge on any atom is 0.309 e. The van der Waals surface area contributed by atoms with Crippen molar-refractivity contribution in [2.24, 2.45) is 0 Å². The van der Waals surface area contributed by atoms with Crippen LogP contribution >= 0.6 is 0 Å². The Hall–Kier alpha value is -2.03. The molecule has 196 valence electrons. The first-order valence-electron chi connectivity index (χ1n) is 13.5. The summed E-state index contributed by atoms with van der Waals surface area (Å²) >= 11 is 0. The molecular formula is C28H49NO5. The smallest absolute Gasteiger partial charge is 0.309 e. The van der Waals surface area contributed by atoms with Gasteiger partial charge in [0, 0.05) is 12.8 Å². The third-order valence-corrected chi connectivity index (χ3v) is 5.86. The van der Waals surface area contributed by atoms with Crippen LogP contribution in [0.15, 0.2) is 0 Å². The molecule has 0 saturated heterocycles. The van der Waals surface area contributed by atoms with Crippen molar-refractivity contribution in [2.45, 2.75) is 135 Å². The monoisotopic (exact) mass is 479 g/mol. The van der Waals surface area contributed by atoms with E-state index in [4.69, 9.17) is 15.9 Å². The van der Waals surface area contributed by atoms with Gasteiger partial charge in [-0.1, -0.05) is 90.9 Å². The van der Waals surface area contributed by atoms with Crippen LogP contribution in [0.3, 0.4) is 0 Å². The van der Waals surface area contributed by atoms with Gasteiger partial charge in [0.25, 0.3) is 0 Å². The van der Waals surface area contributed by atoms with Crippen molar-refractivity contribution in [3.63, 3.8) is 0 Å². The van der Waals surface area contributed by atoms with E-state index in [1.807, 2.05) is 6.92 Å². The van der Waals surface area contributed by atoms with Gasteiger partial charge in [-0.2, -0.15) is 0 Å². The molecular weight excluding hydrogens is 430 g/mol. The summed E-state index contributed by atoms with van der Waals surface area (Å²) in [5.74, 6) is 1.52. The predicted octanol–water partition coefficient (Wildman–Crippen LogP) is 6.25. The van der Waals surface area contributed by atoms with Crippen LogP contribution in [0.25, 0.3) is 0 Å².